The second-order valence-corrected chi connectivity index (χ2v) is 5.30. The molecule has 0 amide bonds. The third-order valence-corrected chi connectivity index (χ3v) is 3.58. The van der Waals surface area contributed by atoms with Crippen LogP contribution >= 0.6 is 0 Å². The Balaban J connectivity index is 1.64. The minimum absolute atomic E-state index is 0.323. The zero-order valence-electron chi connectivity index (χ0n) is 10.3. The van der Waals surface area contributed by atoms with Crippen molar-refractivity contribution in [2.75, 3.05) is 0 Å². The lowest BCUT2D eigenvalue weighted by Crippen LogP contribution is -2.22. The molecule has 2 bridgehead atoms. The Morgan fingerprint density at radius 3 is 2.94 bits per heavy atom. The van der Waals surface area contributed by atoms with Crippen LogP contribution in [-0.4, -0.2) is 28.4 Å². The van der Waals surface area contributed by atoms with Gasteiger partial charge in [0, 0.05) is 6.04 Å². The van der Waals surface area contributed by atoms with E-state index in [9.17, 15) is 0 Å². The molecule has 3 rings (SSSR count). The Bertz CT molecular complexity index is 391. The highest BCUT2D eigenvalue weighted by Crippen LogP contribution is 2.43. The number of ether oxygens (including phenoxy) is 1. The number of nitrogens with zero attached hydrogens (tertiary/aromatic N) is 2. The van der Waals surface area contributed by atoms with Gasteiger partial charge in [-0.05, 0) is 19.3 Å². The van der Waals surface area contributed by atoms with Crippen molar-refractivity contribution >= 4 is 0 Å². The van der Waals surface area contributed by atoms with Crippen molar-refractivity contribution in [3.05, 3.63) is 11.7 Å². The number of rotatable bonds is 4. The summed E-state index contributed by atoms with van der Waals surface area (Å²) in [6, 6.07) is 0.427. The Hall–Kier alpha value is -0.940. The van der Waals surface area contributed by atoms with Gasteiger partial charge in [0.25, 0.3) is 0 Å². The zero-order valence-corrected chi connectivity index (χ0v) is 10.3. The van der Waals surface area contributed by atoms with E-state index in [1.165, 1.54) is 6.42 Å². The molecule has 1 aromatic rings. The summed E-state index contributed by atoms with van der Waals surface area (Å²) in [4.78, 5) is 4.46. The molecule has 94 valence electrons. The number of nitrogens with one attached hydrogen (secondary N) is 1. The van der Waals surface area contributed by atoms with Crippen LogP contribution in [-0.2, 0) is 11.3 Å². The minimum Gasteiger partial charge on any atom is -0.374 e. The van der Waals surface area contributed by atoms with E-state index in [1.807, 2.05) is 0 Å². The quantitative estimate of drug-likeness (QED) is 0.862. The molecule has 0 saturated carbocycles. The van der Waals surface area contributed by atoms with Gasteiger partial charge in [0.15, 0.2) is 5.82 Å². The lowest BCUT2D eigenvalue weighted by molar-refractivity contribution is 0.0996. The maximum Gasteiger partial charge on any atom is 0.240 e. The summed E-state index contributed by atoms with van der Waals surface area (Å²) >= 11 is 0. The fraction of sp³-hybridized carbons (Fsp3) is 0.833. The summed E-state index contributed by atoms with van der Waals surface area (Å²) in [7, 11) is 0. The first-order valence-electron chi connectivity index (χ1n) is 6.43. The smallest absolute Gasteiger partial charge is 0.240 e. The van der Waals surface area contributed by atoms with Gasteiger partial charge in [-0.25, -0.2) is 0 Å². The van der Waals surface area contributed by atoms with Crippen LogP contribution in [0.5, 0.6) is 0 Å². The van der Waals surface area contributed by atoms with Crippen molar-refractivity contribution in [3.63, 3.8) is 0 Å². The van der Waals surface area contributed by atoms with E-state index in [0.29, 0.717) is 36.6 Å². The van der Waals surface area contributed by atoms with Crippen LogP contribution in [0, 0.1) is 0 Å². The summed E-state index contributed by atoms with van der Waals surface area (Å²) in [5.74, 6) is 1.86. The second kappa shape index (κ2) is 4.38. The summed E-state index contributed by atoms with van der Waals surface area (Å²) < 4.78 is 11.1. The molecule has 1 N–H and O–H groups in total. The highest BCUT2D eigenvalue weighted by Gasteiger charge is 2.43. The van der Waals surface area contributed by atoms with Crippen molar-refractivity contribution in [2.24, 2.45) is 0 Å². The molecule has 2 fully saturated rings. The first-order valence-corrected chi connectivity index (χ1v) is 6.43. The summed E-state index contributed by atoms with van der Waals surface area (Å²) in [5.41, 5.74) is 0. The predicted octanol–water partition coefficient (Wildman–Crippen LogP) is 1.60. The number of fused-ring (bicyclic) bond motifs is 2. The molecule has 17 heavy (non-hydrogen) atoms. The standard InChI is InChI=1S/C12H19N3O2/c1-7(2)13-6-11-14-12(15-17-11)9-5-8-3-4-10(9)16-8/h7-10,13H,3-6H2,1-2H3. The monoisotopic (exact) mass is 237 g/mol. The summed E-state index contributed by atoms with van der Waals surface area (Å²) in [6.45, 7) is 4.84. The van der Waals surface area contributed by atoms with E-state index >= 15 is 0 Å². The molecule has 0 aliphatic carbocycles. The summed E-state index contributed by atoms with van der Waals surface area (Å²) in [5, 5.41) is 7.36. The maximum absolute atomic E-state index is 5.81. The van der Waals surface area contributed by atoms with E-state index < -0.39 is 0 Å². The third kappa shape index (κ3) is 2.21. The third-order valence-electron chi connectivity index (χ3n) is 3.58. The highest BCUT2D eigenvalue weighted by molar-refractivity contribution is 5.06. The molecule has 2 saturated heterocycles. The molecule has 3 heterocycles. The largest absolute Gasteiger partial charge is 0.374 e. The number of hydrogen-bond donors (Lipinski definition) is 1. The Morgan fingerprint density at radius 1 is 1.41 bits per heavy atom. The van der Waals surface area contributed by atoms with Crippen molar-refractivity contribution in [1.82, 2.24) is 15.5 Å². The van der Waals surface area contributed by atoms with E-state index in [4.69, 9.17) is 9.26 Å². The molecular weight excluding hydrogens is 218 g/mol. The molecule has 0 aromatic carbocycles. The van der Waals surface area contributed by atoms with Gasteiger partial charge in [0.1, 0.15) is 0 Å². The average molecular weight is 237 g/mol. The van der Waals surface area contributed by atoms with Gasteiger partial charge in [0.2, 0.25) is 5.89 Å². The van der Waals surface area contributed by atoms with Gasteiger partial charge in [0.05, 0.1) is 24.7 Å². The summed E-state index contributed by atoms with van der Waals surface area (Å²) in [6.07, 6.45) is 4.15. The lowest BCUT2D eigenvalue weighted by atomic mass is 9.89. The first kappa shape index (κ1) is 11.2. The van der Waals surface area contributed by atoms with Crippen molar-refractivity contribution in [3.8, 4) is 0 Å². The first-order chi connectivity index (χ1) is 8.22. The topological polar surface area (TPSA) is 60.2 Å². The van der Waals surface area contributed by atoms with Crippen LogP contribution in [0.4, 0.5) is 0 Å². The normalized spacial score (nSPS) is 31.6. The van der Waals surface area contributed by atoms with Crippen LogP contribution in [0.3, 0.4) is 0 Å². The zero-order chi connectivity index (χ0) is 11.8. The van der Waals surface area contributed by atoms with Crippen LogP contribution < -0.4 is 5.32 Å². The minimum atomic E-state index is 0.323. The Kier molecular flexibility index (Phi) is 2.88. The molecule has 3 unspecified atom stereocenters. The molecular formula is C12H19N3O2. The fourth-order valence-corrected chi connectivity index (χ4v) is 2.69. The molecule has 0 spiro atoms. The molecule has 5 nitrogen and oxygen atoms in total. The number of aromatic nitrogens is 2. The molecule has 5 heteroatoms. The maximum atomic E-state index is 5.81. The van der Waals surface area contributed by atoms with Crippen LogP contribution in [0.1, 0.15) is 50.7 Å². The molecule has 2 aliphatic rings. The van der Waals surface area contributed by atoms with Crippen LogP contribution in [0.15, 0.2) is 4.52 Å². The van der Waals surface area contributed by atoms with E-state index in [-0.39, 0.29) is 0 Å². The lowest BCUT2D eigenvalue weighted by Gasteiger charge is -2.13. The van der Waals surface area contributed by atoms with Gasteiger partial charge < -0.3 is 14.6 Å². The molecule has 0 radical (unpaired) electrons. The fourth-order valence-electron chi connectivity index (χ4n) is 2.69. The molecule has 2 aliphatic heterocycles. The van der Waals surface area contributed by atoms with Gasteiger partial charge in [-0.3, -0.25) is 0 Å². The highest BCUT2D eigenvalue weighted by atomic mass is 16.5. The van der Waals surface area contributed by atoms with Crippen molar-refractivity contribution in [1.29, 1.82) is 0 Å². The van der Waals surface area contributed by atoms with Gasteiger partial charge in [-0.1, -0.05) is 19.0 Å². The SMILES string of the molecule is CC(C)NCc1nc(C2CC3CCC2O3)no1. The predicted molar refractivity (Wildman–Crippen MR) is 61.5 cm³/mol. The van der Waals surface area contributed by atoms with Crippen LogP contribution in [0.2, 0.25) is 0 Å². The van der Waals surface area contributed by atoms with Crippen LogP contribution in [0.25, 0.3) is 0 Å². The van der Waals surface area contributed by atoms with Gasteiger partial charge in [-0.15, -0.1) is 0 Å². The van der Waals surface area contributed by atoms with Crippen molar-refractivity contribution in [2.45, 2.75) is 63.8 Å². The molecule has 3 atom stereocenters. The molecule has 1 aromatic heterocycles. The van der Waals surface area contributed by atoms with Crippen molar-refractivity contribution < 1.29 is 9.26 Å². The Morgan fingerprint density at radius 2 is 2.29 bits per heavy atom. The van der Waals surface area contributed by atoms with E-state index in [0.717, 1.165) is 18.7 Å². The number of hydrogen-bond acceptors (Lipinski definition) is 5. The average Bonchev–Trinajstić information content (AvgIpc) is 3.01. The van der Waals surface area contributed by atoms with Gasteiger partial charge >= 0.3 is 0 Å². The van der Waals surface area contributed by atoms with Gasteiger partial charge in [-0.2, -0.15) is 4.98 Å². The Labute approximate surface area is 101 Å². The second-order valence-electron chi connectivity index (χ2n) is 5.30. The van der Waals surface area contributed by atoms with E-state index in [2.05, 4.69) is 29.3 Å². The van der Waals surface area contributed by atoms with E-state index in [1.54, 1.807) is 0 Å².